The molecule has 0 radical (unpaired) electrons. The van der Waals surface area contributed by atoms with E-state index in [1.165, 1.54) is 0 Å². The van der Waals surface area contributed by atoms with Gasteiger partial charge in [0.2, 0.25) is 5.91 Å². The number of rotatable bonds is 3. The molecule has 1 aromatic carbocycles. The third-order valence-corrected chi connectivity index (χ3v) is 4.87. The number of hydrogen-bond acceptors (Lipinski definition) is 7. The van der Waals surface area contributed by atoms with Crippen molar-refractivity contribution >= 4 is 28.3 Å². The fourth-order valence-electron chi connectivity index (χ4n) is 3.39. The first-order chi connectivity index (χ1) is 13.3. The smallest absolute Gasteiger partial charge is 0.228 e. The third-order valence-electron chi connectivity index (χ3n) is 4.87. The van der Waals surface area contributed by atoms with Crippen LogP contribution in [0, 0.1) is 0 Å². The van der Waals surface area contributed by atoms with Crippen LogP contribution in [0.4, 0.5) is 5.82 Å². The number of amides is 1. The molecular formula is C18H17N7O2. The molecule has 9 nitrogen and oxygen atoms in total. The second-order valence-corrected chi connectivity index (χ2v) is 6.50. The molecule has 0 spiro atoms. The number of benzene rings is 1. The van der Waals surface area contributed by atoms with Gasteiger partial charge in [-0.25, -0.2) is 0 Å². The van der Waals surface area contributed by atoms with Crippen molar-refractivity contribution in [2.24, 2.45) is 0 Å². The van der Waals surface area contributed by atoms with Crippen LogP contribution >= 0.6 is 0 Å². The summed E-state index contributed by atoms with van der Waals surface area (Å²) < 4.78 is 6.95. The van der Waals surface area contributed by atoms with Crippen molar-refractivity contribution < 1.29 is 9.32 Å². The molecule has 3 aromatic heterocycles. The van der Waals surface area contributed by atoms with Gasteiger partial charge < -0.3 is 14.3 Å². The summed E-state index contributed by atoms with van der Waals surface area (Å²) in [5.74, 6) is 0.924. The summed E-state index contributed by atoms with van der Waals surface area (Å²) in [5, 5.41) is 17.3. The number of piperazine rings is 1. The first kappa shape index (κ1) is 15.7. The van der Waals surface area contributed by atoms with E-state index in [2.05, 4.69) is 25.4 Å². The van der Waals surface area contributed by atoms with Gasteiger partial charge in [-0.1, -0.05) is 17.3 Å². The van der Waals surface area contributed by atoms with E-state index in [-0.39, 0.29) is 12.3 Å². The molecule has 1 fully saturated rings. The van der Waals surface area contributed by atoms with Crippen LogP contribution < -0.4 is 4.90 Å². The monoisotopic (exact) mass is 363 g/mol. The van der Waals surface area contributed by atoms with E-state index in [0.29, 0.717) is 30.0 Å². The van der Waals surface area contributed by atoms with Gasteiger partial charge in [-0.05, 0) is 24.3 Å². The van der Waals surface area contributed by atoms with E-state index < -0.39 is 0 Å². The highest BCUT2D eigenvalue weighted by Crippen LogP contribution is 2.19. The van der Waals surface area contributed by atoms with Crippen LogP contribution in [0.5, 0.6) is 0 Å². The molecule has 1 aliphatic rings. The quantitative estimate of drug-likeness (QED) is 0.539. The van der Waals surface area contributed by atoms with Crippen LogP contribution in [0.3, 0.4) is 0 Å². The number of hydrogen-bond donors (Lipinski definition) is 0. The van der Waals surface area contributed by atoms with Gasteiger partial charge in [0, 0.05) is 31.6 Å². The first-order valence-electron chi connectivity index (χ1n) is 8.81. The number of carbonyl (C=O) groups excluding carboxylic acids is 1. The largest absolute Gasteiger partial charge is 0.356 e. The Morgan fingerprint density at radius 2 is 1.93 bits per heavy atom. The average Bonchev–Trinajstić information content (AvgIpc) is 3.35. The molecule has 1 aliphatic heterocycles. The SMILES string of the molecule is O=C(Cc1noc2ccccc12)N1CCN(c2ccc3nncn3n2)CC1. The first-order valence-corrected chi connectivity index (χ1v) is 8.81. The Morgan fingerprint density at radius 1 is 1.07 bits per heavy atom. The van der Waals surface area contributed by atoms with Crippen molar-refractivity contribution in [2.75, 3.05) is 31.1 Å². The lowest BCUT2D eigenvalue weighted by atomic mass is 10.1. The Balaban J connectivity index is 1.25. The minimum absolute atomic E-state index is 0.0657. The topological polar surface area (TPSA) is 92.7 Å². The molecule has 27 heavy (non-hydrogen) atoms. The molecule has 5 rings (SSSR count). The van der Waals surface area contributed by atoms with Gasteiger partial charge in [0.05, 0.1) is 6.42 Å². The zero-order chi connectivity index (χ0) is 18.2. The molecule has 0 unspecified atom stereocenters. The summed E-state index contributed by atoms with van der Waals surface area (Å²) in [7, 11) is 0. The summed E-state index contributed by atoms with van der Waals surface area (Å²) in [6.07, 6.45) is 1.84. The van der Waals surface area contributed by atoms with E-state index >= 15 is 0 Å². The van der Waals surface area contributed by atoms with Gasteiger partial charge in [-0.2, -0.15) is 4.52 Å². The lowest BCUT2D eigenvalue weighted by Crippen LogP contribution is -2.49. The molecular weight excluding hydrogens is 346 g/mol. The lowest BCUT2D eigenvalue weighted by molar-refractivity contribution is -0.130. The maximum atomic E-state index is 12.7. The highest BCUT2D eigenvalue weighted by atomic mass is 16.5. The maximum Gasteiger partial charge on any atom is 0.228 e. The molecule has 0 saturated carbocycles. The Bertz CT molecular complexity index is 1110. The Morgan fingerprint density at radius 3 is 2.81 bits per heavy atom. The van der Waals surface area contributed by atoms with Crippen molar-refractivity contribution in [3.05, 3.63) is 48.4 Å². The number of carbonyl (C=O) groups is 1. The van der Waals surface area contributed by atoms with E-state index in [0.717, 1.165) is 24.3 Å². The standard InChI is InChI=1S/C18H17N7O2/c26-18(11-14-13-3-1-2-4-15(13)27-22-14)24-9-7-23(8-10-24)17-6-5-16-20-19-12-25(16)21-17/h1-6,12H,7-11H2. The fourth-order valence-corrected chi connectivity index (χ4v) is 3.39. The number of fused-ring (bicyclic) bond motifs is 2. The van der Waals surface area contributed by atoms with Gasteiger partial charge in [-0.3, -0.25) is 4.79 Å². The molecule has 4 aromatic rings. The zero-order valence-electron chi connectivity index (χ0n) is 14.5. The summed E-state index contributed by atoms with van der Waals surface area (Å²) in [4.78, 5) is 16.7. The Hall–Kier alpha value is -3.49. The molecule has 136 valence electrons. The van der Waals surface area contributed by atoms with Crippen molar-refractivity contribution in [2.45, 2.75) is 6.42 Å². The van der Waals surface area contributed by atoms with Crippen molar-refractivity contribution in [1.29, 1.82) is 0 Å². The van der Waals surface area contributed by atoms with E-state index in [1.54, 1.807) is 10.8 Å². The number of para-hydroxylation sites is 1. The van der Waals surface area contributed by atoms with E-state index in [9.17, 15) is 4.79 Å². The number of anilines is 1. The molecule has 4 heterocycles. The normalized spacial score (nSPS) is 15.0. The van der Waals surface area contributed by atoms with Crippen LogP contribution in [0.25, 0.3) is 16.6 Å². The van der Waals surface area contributed by atoms with Crippen molar-refractivity contribution in [3.63, 3.8) is 0 Å². The second-order valence-electron chi connectivity index (χ2n) is 6.50. The van der Waals surface area contributed by atoms with E-state index in [4.69, 9.17) is 4.52 Å². The van der Waals surface area contributed by atoms with E-state index in [1.807, 2.05) is 41.3 Å². The summed E-state index contributed by atoms with van der Waals surface area (Å²) >= 11 is 0. The molecule has 9 heteroatoms. The van der Waals surface area contributed by atoms with Gasteiger partial charge in [0.25, 0.3) is 0 Å². The molecule has 1 saturated heterocycles. The average molecular weight is 363 g/mol. The summed E-state index contributed by atoms with van der Waals surface area (Å²) in [5.41, 5.74) is 2.12. The van der Waals surface area contributed by atoms with Gasteiger partial charge in [0.1, 0.15) is 17.8 Å². The molecule has 0 atom stereocenters. The Kier molecular flexibility index (Phi) is 3.70. The van der Waals surface area contributed by atoms with Crippen LogP contribution in [-0.4, -0.2) is 62.0 Å². The van der Waals surface area contributed by atoms with Crippen molar-refractivity contribution in [3.8, 4) is 0 Å². The van der Waals surface area contributed by atoms with Crippen molar-refractivity contribution in [1.82, 2.24) is 29.9 Å². The third kappa shape index (κ3) is 2.86. The minimum Gasteiger partial charge on any atom is -0.356 e. The van der Waals surface area contributed by atoms with Gasteiger partial charge >= 0.3 is 0 Å². The predicted octanol–water partition coefficient (Wildman–Crippen LogP) is 1.16. The summed E-state index contributed by atoms with van der Waals surface area (Å²) in [6.45, 7) is 2.75. The van der Waals surface area contributed by atoms with Gasteiger partial charge in [-0.15, -0.1) is 15.3 Å². The Labute approximate surface area is 154 Å². The van der Waals surface area contributed by atoms with Crippen LogP contribution in [0.15, 0.2) is 47.2 Å². The van der Waals surface area contributed by atoms with Crippen LogP contribution in [0.1, 0.15) is 5.69 Å². The molecule has 0 aliphatic carbocycles. The lowest BCUT2D eigenvalue weighted by Gasteiger charge is -2.35. The maximum absolute atomic E-state index is 12.7. The minimum atomic E-state index is 0.0657. The highest BCUT2D eigenvalue weighted by Gasteiger charge is 2.23. The number of nitrogens with zero attached hydrogens (tertiary/aromatic N) is 7. The summed E-state index contributed by atoms with van der Waals surface area (Å²) in [6, 6.07) is 11.4. The predicted molar refractivity (Wildman–Crippen MR) is 97.3 cm³/mol. The van der Waals surface area contributed by atoms with Crippen LogP contribution in [-0.2, 0) is 11.2 Å². The molecule has 0 bridgehead atoms. The second kappa shape index (κ2) is 6.35. The number of aromatic nitrogens is 5. The fraction of sp³-hybridized carbons (Fsp3) is 0.278. The van der Waals surface area contributed by atoms with Crippen LogP contribution in [0.2, 0.25) is 0 Å². The highest BCUT2D eigenvalue weighted by molar-refractivity contribution is 5.86. The molecule has 0 N–H and O–H groups in total. The van der Waals surface area contributed by atoms with Gasteiger partial charge in [0.15, 0.2) is 11.2 Å². The molecule has 1 amide bonds. The zero-order valence-corrected chi connectivity index (χ0v) is 14.5.